The number of amides is 1. The summed E-state index contributed by atoms with van der Waals surface area (Å²) in [7, 11) is 1.60. The second kappa shape index (κ2) is 8.57. The Balaban J connectivity index is 0.00000288. The number of carbonyl (C=O) groups is 1. The van der Waals surface area contributed by atoms with Gasteiger partial charge in [0, 0.05) is 12.2 Å². The first-order valence-electron chi connectivity index (χ1n) is 7.39. The highest BCUT2D eigenvalue weighted by atomic mass is 35.5. The van der Waals surface area contributed by atoms with Crippen LogP contribution in [0.15, 0.2) is 48.5 Å². The molecule has 0 aliphatic carbocycles. The van der Waals surface area contributed by atoms with E-state index in [4.69, 9.17) is 15.2 Å². The lowest BCUT2D eigenvalue weighted by Crippen LogP contribution is -2.37. The molecule has 2 aromatic carbocycles. The number of hydrogen-bond donors (Lipinski definition) is 2. The van der Waals surface area contributed by atoms with Gasteiger partial charge in [-0.2, -0.15) is 0 Å². The van der Waals surface area contributed by atoms with Gasteiger partial charge >= 0.3 is 0 Å². The lowest BCUT2D eigenvalue weighted by atomic mass is 9.92. The normalized spacial score (nSPS) is 10.5. The van der Waals surface area contributed by atoms with Crippen LogP contribution in [0.3, 0.4) is 0 Å². The predicted octanol–water partition coefficient (Wildman–Crippen LogP) is 3.83. The van der Waals surface area contributed by atoms with Gasteiger partial charge in [-0.25, -0.2) is 0 Å². The Labute approximate surface area is 148 Å². The number of anilines is 1. The number of rotatable bonds is 6. The van der Waals surface area contributed by atoms with Crippen molar-refractivity contribution < 1.29 is 14.3 Å². The summed E-state index contributed by atoms with van der Waals surface area (Å²) in [6.07, 6.45) is 0. The number of carbonyl (C=O) groups excluding carboxylic acids is 1. The number of methoxy groups -OCH3 is 1. The van der Waals surface area contributed by atoms with Gasteiger partial charge in [-0.05, 0) is 50.2 Å². The van der Waals surface area contributed by atoms with Crippen LogP contribution in [0.25, 0.3) is 0 Å². The highest BCUT2D eigenvalue weighted by molar-refractivity contribution is 5.95. The van der Waals surface area contributed by atoms with Gasteiger partial charge in [0.05, 0.1) is 12.5 Å². The smallest absolute Gasteiger partial charge is 0.231 e. The molecule has 0 atom stereocenters. The molecule has 0 spiro atoms. The van der Waals surface area contributed by atoms with Crippen LogP contribution in [0, 0.1) is 5.41 Å². The number of hydrogen-bond acceptors (Lipinski definition) is 4. The molecule has 0 bridgehead atoms. The minimum atomic E-state index is -0.605. The molecule has 6 heteroatoms. The maximum absolute atomic E-state index is 12.1. The molecule has 1 amide bonds. The first-order chi connectivity index (χ1) is 11.0. The van der Waals surface area contributed by atoms with Crippen LogP contribution in [0.1, 0.15) is 13.8 Å². The van der Waals surface area contributed by atoms with E-state index < -0.39 is 5.41 Å². The van der Waals surface area contributed by atoms with Gasteiger partial charge in [0.15, 0.2) is 11.5 Å². The average molecular weight is 351 g/mol. The third kappa shape index (κ3) is 4.88. The van der Waals surface area contributed by atoms with Crippen molar-refractivity contribution in [3.63, 3.8) is 0 Å². The minimum absolute atomic E-state index is 0. The second-order valence-electron chi connectivity index (χ2n) is 5.82. The van der Waals surface area contributed by atoms with Crippen LogP contribution in [0.5, 0.6) is 17.2 Å². The summed E-state index contributed by atoms with van der Waals surface area (Å²) in [5.74, 6) is 1.84. The molecule has 2 rings (SSSR count). The molecular formula is C18H23ClN2O3. The molecule has 3 N–H and O–H groups in total. The zero-order valence-corrected chi connectivity index (χ0v) is 14.9. The van der Waals surface area contributed by atoms with Crippen LogP contribution < -0.4 is 20.5 Å². The SMILES string of the molecule is COc1ccccc1Oc1ccc(NC(=O)C(C)(C)CN)cc1.Cl. The summed E-state index contributed by atoms with van der Waals surface area (Å²) in [5, 5.41) is 2.85. The van der Waals surface area contributed by atoms with Crippen molar-refractivity contribution in [2.24, 2.45) is 11.1 Å². The Kier molecular flexibility index (Phi) is 7.07. The van der Waals surface area contributed by atoms with Crippen molar-refractivity contribution in [2.45, 2.75) is 13.8 Å². The van der Waals surface area contributed by atoms with E-state index in [-0.39, 0.29) is 24.9 Å². The van der Waals surface area contributed by atoms with E-state index in [0.29, 0.717) is 22.9 Å². The molecule has 0 aliphatic rings. The predicted molar refractivity (Wildman–Crippen MR) is 98.2 cm³/mol. The maximum atomic E-state index is 12.1. The Morgan fingerprint density at radius 2 is 1.67 bits per heavy atom. The molecule has 0 saturated heterocycles. The van der Waals surface area contributed by atoms with Gasteiger partial charge in [0.25, 0.3) is 0 Å². The van der Waals surface area contributed by atoms with E-state index in [1.54, 1.807) is 31.4 Å². The summed E-state index contributed by atoms with van der Waals surface area (Å²) in [6, 6.07) is 14.6. The first-order valence-corrected chi connectivity index (χ1v) is 7.39. The molecule has 0 fully saturated rings. The molecule has 0 aromatic heterocycles. The highest BCUT2D eigenvalue weighted by Gasteiger charge is 2.25. The molecule has 0 heterocycles. The number of nitrogens with two attached hydrogens (primary N) is 1. The van der Waals surface area contributed by atoms with Gasteiger partial charge in [0.2, 0.25) is 5.91 Å². The summed E-state index contributed by atoms with van der Waals surface area (Å²) in [5.41, 5.74) is 5.70. The molecule has 130 valence electrons. The Bertz CT molecular complexity index is 672. The van der Waals surface area contributed by atoms with E-state index in [9.17, 15) is 4.79 Å². The molecule has 24 heavy (non-hydrogen) atoms. The average Bonchev–Trinajstić information content (AvgIpc) is 2.57. The zero-order valence-electron chi connectivity index (χ0n) is 14.0. The van der Waals surface area contributed by atoms with Crippen LogP contribution >= 0.6 is 12.4 Å². The summed E-state index contributed by atoms with van der Waals surface area (Å²) in [6.45, 7) is 3.90. The fraction of sp³-hybridized carbons (Fsp3) is 0.278. The molecule has 0 aliphatic heterocycles. The molecular weight excluding hydrogens is 328 g/mol. The summed E-state index contributed by atoms with van der Waals surface area (Å²) >= 11 is 0. The van der Waals surface area contributed by atoms with Crippen LogP contribution in [0.2, 0.25) is 0 Å². The van der Waals surface area contributed by atoms with E-state index in [1.165, 1.54) is 0 Å². The highest BCUT2D eigenvalue weighted by Crippen LogP contribution is 2.31. The van der Waals surface area contributed by atoms with E-state index >= 15 is 0 Å². The molecule has 0 radical (unpaired) electrons. The third-order valence-electron chi connectivity index (χ3n) is 3.53. The minimum Gasteiger partial charge on any atom is -0.493 e. The van der Waals surface area contributed by atoms with Crippen molar-refractivity contribution in [1.82, 2.24) is 0 Å². The van der Waals surface area contributed by atoms with Crippen molar-refractivity contribution in [3.05, 3.63) is 48.5 Å². The molecule has 2 aromatic rings. The summed E-state index contributed by atoms with van der Waals surface area (Å²) in [4.78, 5) is 12.1. The number of para-hydroxylation sites is 2. The summed E-state index contributed by atoms with van der Waals surface area (Å²) < 4.78 is 11.0. The fourth-order valence-electron chi connectivity index (χ4n) is 1.83. The number of nitrogens with one attached hydrogen (secondary N) is 1. The zero-order chi connectivity index (χ0) is 16.9. The van der Waals surface area contributed by atoms with Gasteiger partial charge in [-0.3, -0.25) is 4.79 Å². The van der Waals surface area contributed by atoms with Crippen molar-refractivity contribution in [2.75, 3.05) is 19.0 Å². The first kappa shape index (κ1) is 19.8. The molecule has 0 unspecified atom stereocenters. The van der Waals surface area contributed by atoms with E-state index in [1.807, 2.05) is 38.1 Å². The number of ether oxygens (including phenoxy) is 2. The van der Waals surface area contributed by atoms with Crippen molar-refractivity contribution >= 4 is 24.0 Å². The molecule has 5 nitrogen and oxygen atoms in total. The van der Waals surface area contributed by atoms with Gasteiger partial charge in [-0.15, -0.1) is 12.4 Å². The lowest BCUT2D eigenvalue weighted by molar-refractivity contribution is -0.123. The van der Waals surface area contributed by atoms with Gasteiger partial charge < -0.3 is 20.5 Å². The molecule has 0 saturated carbocycles. The maximum Gasteiger partial charge on any atom is 0.231 e. The van der Waals surface area contributed by atoms with Gasteiger partial charge in [-0.1, -0.05) is 12.1 Å². The van der Waals surface area contributed by atoms with Crippen molar-refractivity contribution in [3.8, 4) is 17.2 Å². The fourth-order valence-corrected chi connectivity index (χ4v) is 1.83. The Hall–Kier alpha value is -2.24. The Morgan fingerprint density at radius 1 is 1.08 bits per heavy atom. The second-order valence-corrected chi connectivity index (χ2v) is 5.82. The van der Waals surface area contributed by atoms with Crippen LogP contribution in [0.4, 0.5) is 5.69 Å². The largest absolute Gasteiger partial charge is 0.493 e. The standard InChI is InChI=1S/C18H22N2O3.ClH/c1-18(2,12-19)17(21)20-13-8-10-14(11-9-13)23-16-7-5-4-6-15(16)22-3;/h4-11H,12,19H2,1-3H3,(H,20,21);1H. The van der Waals surface area contributed by atoms with Crippen LogP contribution in [-0.4, -0.2) is 19.6 Å². The van der Waals surface area contributed by atoms with E-state index in [0.717, 1.165) is 0 Å². The quantitative estimate of drug-likeness (QED) is 0.830. The van der Waals surface area contributed by atoms with E-state index in [2.05, 4.69) is 5.32 Å². The van der Waals surface area contributed by atoms with Gasteiger partial charge in [0.1, 0.15) is 5.75 Å². The van der Waals surface area contributed by atoms with Crippen LogP contribution in [-0.2, 0) is 4.79 Å². The van der Waals surface area contributed by atoms with Crippen molar-refractivity contribution in [1.29, 1.82) is 0 Å². The third-order valence-corrected chi connectivity index (χ3v) is 3.53. The lowest BCUT2D eigenvalue weighted by Gasteiger charge is -2.21. The monoisotopic (exact) mass is 350 g/mol. The number of halogens is 1. The Morgan fingerprint density at radius 3 is 2.21 bits per heavy atom. The topological polar surface area (TPSA) is 73.6 Å². The number of benzene rings is 2.